The average Bonchev–Trinajstić information content (AvgIpc) is 2.76. The van der Waals surface area contributed by atoms with E-state index in [1.807, 2.05) is 28.9 Å². The summed E-state index contributed by atoms with van der Waals surface area (Å²) < 4.78 is 1.87. The molecule has 0 saturated heterocycles. The molecule has 2 N–H and O–H groups in total. The Hall–Kier alpha value is -1.91. The minimum atomic E-state index is 0.720. The second-order valence-electron chi connectivity index (χ2n) is 4.90. The Morgan fingerprint density at radius 2 is 2.11 bits per heavy atom. The third-order valence-corrected chi connectivity index (χ3v) is 3.71. The van der Waals surface area contributed by atoms with Crippen LogP contribution in [0.5, 0.6) is 0 Å². The highest BCUT2D eigenvalue weighted by atomic mass is 15.5. The first-order valence-corrected chi connectivity index (χ1v) is 6.45. The van der Waals surface area contributed by atoms with Crippen molar-refractivity contribution in [2.75, 3.05) is 5.73 Å². The van der Waals surface area contributed by atoms with Crippen LogP contribution in [0.15, 0.2) is 24.3 Å². The van der Waals surface area contributed by atoms with Gasteiger partial charge >= 0.3 is 0 Å². The lowest BCUT2D eigenvalue weighted by molar-refractivity contribution is 0.277. The quantitative estimate of drug-likeness (QED) is 0.835. The standard InChI is InChI=1S/C13H17N5/c14-12-7-2-1-6-11(12)13-15-16-17-18(13)9-8-10-4-3-5-10/h1-2,6-7,10H,3-5,8-9,14H2. The predicted molar refractivity (Wildman–Crippen MR) is 69.6 cm³/mol. The number of nitrogens with two attached hydrogens (primary N) is 1. The Labute approximate surface area is 106 Å². The summed E-state index contributed by atoms with van der Waals surface area (Å²) in [6.07, 6.45) is 5.24. The van der Waals surface area contributed by atoms with E-state index in [0.717, 1.165) is 36.0 Å². The largest absolute Gasteiger partial charge is 0.398 e. The van der Waals surface area contributed by atoms with Gasteiger partial charge in [-0.3, -0.25) is 0 Å². The van der Waals surface area contributed by atoms with Gasteiger partial charge in [-0.25, -0.2) is 4.68 Å². The molecule has 0 amide bonds. The van der Waals surface area contributed by atoms with Crippen LogP contribution in [-0.2, 0) is 6.54 Å². The van der Waals surface area contributed by atoms with E-state index in [4.69, 9.17) is 5.73 Å². The second-order valence-corrected chi connectivity index (χ2v) is 4.90. The SMILES string of the molecule is Nc1ccccc1-c1nnnn1CCC1CCC1. The summed E-state index contributed by atoms with van der Waals surface area (Å²) in [6, 6.07) is 7.71. The second kappa shape index (κ2) is 4.76. The van der Waals surface area contributed by atoms with Crippen LogP contribution in [0.25, 0.3) is 11.4 Å². The fourth-order valence-electron chi connectivity index (χ4n) is 2.34. The van der Waals surface area contributed by atoms with Gasteiger partial charge in [-0.2, -0.15) is 0 Å². The molecule has 1 aliphatic rings. The topological polar surface area (TPSA) is 69.6 Å². The van der Waals surface area contributed by atoms with E-state index in [9.17, 15) is 0 Å². The summed E-state index contributed by atoms with van der Waals surface area (Å²) in [6.45, 7) is 0.876. The molecule has 2 aromatic rings. The van der Waals surface area contributed by atoms with Gasteiger partial charge in [-0.1, -0.05) is 31.4 Å². The molecule has 1 heterocycles. The van der Waals surface area contributed by atoms with Gasteiger partial charge in [-0.15, -0.1) is 5.10 Å². The van der Waals surface area contributed by atoms with E-state index in [0.29, 0.717) is 0 Å². The van der Waals surface area contributed by atoms with Gasteiger partial charge < -0.3 is 5.73 Å². The molecule has 1 aromatic heterocycles. The fourth-order valence-corrected chi connectivity index (χ4v) is 2.34. The normalized spacial score (nSPS) is 15.6. The third-order valence-electron chi connectivity index (χ3n) is 3.71. The van der Waals surface area contributed by atoms with Gasteiger partial charge in [0.05, 0.1) is 0 Å². The van der Waals surface area contributed by atoms with Gasteiger partial charge in [0.2, 0.25) is 0 Å². The van der Waals surface area contributed by atoms with E-state index in [1.165, 1.54) is 19.3 Å². The number of anilines is 1. The van der Waals surface area contributed by atoms with Gasteiger partial charge in [0.25, 0.3) is 0 Å². The number of rotatable bonds is 4. The Bertz CT molecular complexity index is 530. The van der Waals surface area contributed by atoms with Crippen LogP contribution in [0, 0.1) is 5.92 Å². The molecule has 5 heteroatoms. The maximum Gasteiger partial charge on any atom is 0.184 e. The number of hydrogen-bond donors (Lipinski definition) is 1. The summed E-state index contributed by atoms with van der Waals surface area (Å²) in [4.78, 5) is 0. The number of aryl methyl sites for hydroxylation is 1. The predicted octanol–water partition coefficient (Wildman–Crippen LogP) is 2.11. The molecule has 0 unspecified atom stereocenters. The third kappa shape index (κ3) is 2.08. The van der Waals surface area contributed by atoms with Crippen molar-refractivity contribution >= 4 is 5.69 Å². The number of nitrogen functional groups attached to an aromatic ring is 1. The van der Waals surface area contributed by atoms with Crippen LogP contribution in [0.2, 0.25) is 0 Å². The fraction of sp³-hybridized carbons (Fsp3) is 0.462. The minimum Gasteiger partial charge on any atom is -0.398 e. The lowest BCUT2D eigenvalue weighted by atomic mass is 9.83. The first-order chi connectivity index (χ1) is 8.84. The summed E-state index contributed by atoms with van der Waals surface area (Å²) in [5, 5.41) is 11.9. The molecule has 0 spiro atoms. The van der Waals surface area contributed by atoms with Crippen LogP contribution < -0.4 is 5.73 Å². The van der Waals surface area contributed by atoms with Crippen molar-refractivity contribution < 1.29 is 0 Å². The summed E-state index contributed by atoms with van der Waals surface area (Å²) in [5.41, 5.74) is 7.60. The molecule has 0 bridgehead atoms. The van der Waals surface area contributed by atoms with Crippen LogP contribution in [0.3, 0.4) is 0 Å². The monoisotopic (exact) mass is 243 g/mol. The zero-order valence-corrected chi connectivity index (χ0v) is 10.3. The smallest absolute Gasteiger partial charge is 0.184 e. The number of tetrazole rings is 1. The number of nitrogens with zero attached hydrogens (tertiary/aromatic N) is 4. The molecule has 1 saturated carbocycles. The molecule has 94 valence electrons. The minimum absolute atomic E-state index is 0.720. The highest BCUT2D eigenvalue weighted by Gasteiger charge is 2.18. The van der Waals surface area contributed by atoms with Crippen LogP contribution in [0.4, 0.5) is 5.69 Å². The zero-order valence-electron chi connectivity index (χ0n) is 10.3. The summed E-state index contributed by atoms with van der Waals surface area (Å²) >= 11 is 0. The molecular formula is C13H17N5. The molecule has 0 atom stereocenters. The van der Waals surface area contributed by atoms with Crippen molar-refractivity contribution in [3.63, 3.8) is 0 Å². The first kappa shape index (κ1) is 11.2. The Morgan fingerprint density at radius 3 is 2.83 bits per heavy atom. The van der Waals surface area contributed by atoms with Crippen molar-refractivity contribution in [3.8, 4) is 11.4 Å². The van der Waals surface area contributed by atoms with Crippen LogP contribution >= 0.6 is 0 Å². The molecule has 5 nitrogen and oxygen atoms in total. The lowest BCUT2D eigenvalue weighted by Gasteiger charge is -2.24. The van der Waals surface area contributed by atoms with Gasteiger partial charge in [-0.05, 0) is 34.9 Å². The lowest BCUT2D eigenvalue weighted by Crippen LogP contribution is -2.15. The molecule has 1 aliphatic carbocycles. The highest BCUT2D eigenvalue weighted by Crippen LogP contribution is 2.30. The Morgan fingerprint density at radius 1 is 1.28 bits per heavy atom. The van der Waals surface area contributed by atoms with E-state index >= 15 is 0 Å². The van der Waals surface area contributed by atoms with E-state index in [2.05, 4.69) is 15.5 Å². The first-order valence-electron chi connectivity index (χ1n) is 6.45. The van der Waals surface area contributed by atoms with E-state index < -0.39 is 0 Å². The maximum atomic E-state index is 5.97. The Balaban J connectivity index is 1.80. The highest BCUT2D eigenvalue weighted by molar-refractivity contribution is 5.70. The number of hydrogen-bond acceptors (Lipinski definition) is 4. The molecule has 1 aromatic carbocycles. The average molecular weight is 243 g/mol. The van der Waals surface area contributed by atoms with Crippen LogP contribution in [0.1, 0.15) is 25.7 Å². The molecule has 0 aliphatic heterocycles. The van der Waals surface area contributed by atoms with E-state index in [-0.39, 0.29) is 0 Å². The maximum absolute atomic E-state index is 5.97. The van der Waals surface area contributed by atoms with Crippen molar-refractivity contribution in [1.82, 2.24) is 20.2 Å². The molecule has 18 heavy (non-hydrogen) atoms. The van der Waals surface area contributed by atoms with Crippen molar-refractivity contribution in [1.29, 1.82) is 0 Å². The van der Waals surface area contributed by atoms with Crippen molar-refractivity contribution in [2.45, 2.75) is 32.2 Å². The number of benzene rings is 1. The van der Waals surface area contributed by atoms with Crippen molar-refractivity contribution in [3.05, 3.63) is 24.3 Å². The molecule has 3 rings (SSSR count). The summed E-state index contributed by atoms with van der Waals surface area (Å²) in [5.74, 6) is 1.63. The summed E-state index contributed by atoms with van der Waals surface area (Å²) in [7, 11) is 0. The van der Waals surface area contributed by atoms with E-state index in [1.54, 1.807) is 0 Å². The van der Waals surface area contributed by atoms with Gasteiger partial charge in [0.15, 0.2) is 5.82 Å². The van der Waals surface area contributed by atoms with Gasteiger partial charge in [0, 0.05) is 17.8 Å². The van der Waals surface area contributed by atoms with Gasteiger partial charge in [0.1, 0.15) is 0 Å². The number of para-hydroxylation sites is 1. The number of aromatic nitrogens is 4. The zero-order chi connectivity index (χ0) is 12.4. The van der Waals surface area contributed by atoms with Crippen molar-refractivity contribution in [2.24, 2.45) is 5.92 Å². The van der Waals surface area contributed by atoms with Crippen LogP contribution in [-0.4, -0.2) is 20.2 Å². The molecule has 0 radical (unpaired) electrons. The molecule has 1 fully saturated rings. The Kier molecular flexibility index (Phi) is 2.96. The molecular weight excluding hydrogens is 226 g/mol.